The maximum absolute atomic E-state index is 12.9. The zero-order valence-corrected chi connectivity index (χ0v) is 54.5. The van der Waals surface area contributed by atoms with Gasteiger partial charge in [0.1, 0.15) is 13.2 Å². The number of allylic oxidation sites excluding steroid dienone is 14. The molecule has 474 valence electrons. The molecule has 0 spiro atoms. The molecule has 6 heteroatoms. The first kappa shape index (κ1) is 78.6. The van der Waals surface area contributed by atoms with Crippen LogP contribution >= 0.6 is 0 Å². The van der Waals surface area contributed by atoms with Crippen LogP contribution in [0.5, 0.6) is 0 Å². The molecular weight excluding hydrogens is 1010 g/mol. The van der Waals surface area contributed by atoms with Crippen molar-refractivity contribution >= 4 is 17.9 Å². The second-order valence-electron chi connectivity index (χ2n) is 23.8. The third kappa shape index (κ3) is 67.4. The van der Waals surface area contributed by atoms with Crippen molar-refractivity contribution in [1.82, 2.24) is 0 Å². The van der Waals surface area contributed by atoms with Crippen molar-refractivity contribution in [3.05, 3.63) is 85.1 Å². The minimum absolute atomic E-state index is 0.0789. The Morgan fingerprint density at radius 1 is 0.256 bits per heavy atom. The molecule has 0 aliphatic carbocycles. The van der Waals surface area contributed by atoms with Crippen molar-refractivity contribution in [3.63, 3.8) is 0 Å². The second-order valence-corrected chi connectivity index (χ2v) is 23.8. The van der Waals surface area contributed by atoms with E-state index in [0.717, 1.165) is 103 Å². The lowest BCUT2D eigenvalue weighted by atomic mass is 10.0. The van der Waals surface area contributed by atoms with Crippen LogP contribution in [0.3, 0.4) is 0 Å². The molecular formula is C76H134O6. The lowest BCUT2D eigenvalue weighted by Gasteiger charge is -2.18. The normalized spacial score (nSPS) is 12.6. The Balaban J connectivity index is 4.23. The zero-order chi connectivity index (χ0) is 59.2. The summed E-state index contributed by atoms with van der Waals surface area (Å²) in [5.41, 5.74) is 0. The van der Waals surface area contributed by atoms with E-state index in [1.807, 2.05) is 0 Å². The van der Waals surface area contributed by atoms with Crippen molar-refractivity contribution in [2.45, 2.75) is 367 Å². The predicted molar refractivity (Wildman–Crippen MR) is 358 cm³/mol. The maximum atomic E-state index is 12.9. The van der Waals surface area contributed by atoms with Crippen molar-refractivity contribution in [1.29, 1.82) is 0 Å². The molecule has 1 unspecified atom stereocenters. The lowest BCUT2D eigenvalue weighted by molar-refractivity contribution is -0.167. The van der Waals surface area contributed by atoms with Gasteiger partial charge in [0, 0.05) is 19.3 Å². The summed E-state index contributed by atoms with van der Waals surface area (Å²) in [6, 6.07) is 0. The molecule has 0 aliphatic rings. The van der Waals surface area contributed by atoms with Gasteiger partial charge in [0.2, 0.25) is 0 Å². The number of hydrogen-bond acceptors (Lipinski definition) is 6. The lowest BCUT2D eigenvalue weighted by Crippen LogP contribution is -2.30. The summed E-state index contributed by atoms with van der Waals surface area (Å²) >= 11 is 0. The first-order valence-electron chi connectivity index (χ1n) is 35.6. The van der Waals surface area contributed by atoms with Gasteiger partial charge in [-0.1, -0.05) is 311 Å². The molecule has 0 aliphatic heterocycles. The van der Waals surface area contributed by atoms with Gasteiger partial charge in [-0.15, -0.1) is 0 Å². The molecule has 0 amide bonds. The summed E-state index contributed by atoms with van der Waals surface area (Å²) in [4.78, 5) is 38.4. The Labute approximate surface area is 509 Å². The molecule has 0 aromatic heterocycles. The Hall–Kier alpha value is -3.41. The number of rotatable bonds is 65. The third-order valence-electron chi connectivity index (χ3n) is 15.6. The minimum atomic E-state index is -0.784. The minimum Gasteiger partial charge on any atom is -0.462 e. The van der Waals surface area contributed by atoms with E-state index in [0.29, 0.717) is 19.3 Å². The van der Waals surface area contributed by atoms with E-state index in [-0.39, 0.29) is 31.1 Å². The number of esters is 3. The number of unbranched alkanes of at least 4 members (excludes halogenated alkanes) is 40. The summed E-state index contributed by atoms with van der Waals surface area (Å²) in [7, 11) is 0. The summed E-state index contributed by atoms with van der Waals surface area (Å²) in [6.07, 6.45) is 93.3. The van der Waals surface area contributed by atoms with Crippen LogP contribution in [-0.4, -0.2) is 37.2 Å². The van der Waals surface area contributed by atoms with Gasteiger partial charge in [-0.25, -0.2) is 0 Å². The first-order valence-corrected chi connectivity index (χ1v) is 35.6. The monoisotopic (exact) mass is 1140 g/mol. The van der Waals surface area contributed by atoms with Crippen molar-refractivity contribution < 1.29 is 28.6 Å². The molecule has 0 aromatic rings. The van der Waals surface area contributed by atoms with Crippen LogP contribution in [0.1, 0.15) is 361 Å². The van der Waals surface area contributed by atoms with Gasteiger partial charge in [0.15, 0.2) is 6.10 Å². The van der Waals surface area contributed by atoms with Gasteiger partial charge in [0.25, 0.3) is 0 Å². The van der Waals surface area contributed by atoms with Gasteiger partial charge < -0.3 is 14.2 Å². The molecule has 6 nitrogen and oxygen atoms in total. The van der Waals surface area contributed by atoms with E-state index >= 15 is 0 Å². The Morgan fingerprint density at radius 2 is 0.476 bits per heavy atom. The Kier molecular flexibility index (Phi) is 67.2. The Bertz CT molecular complexity index is 1550. The molecule has 0 saturated heterocycles. The van der Waals surface area contributed by atoms with Gasteiger partial charge in [-0.05, 0) is 116 Å². The van der Waals surface area contributed by atoms with Crippen LogP contribution < -0.4 is 0 Å². The molecule has 0 heterocycles. The van der Waals surface area contributed by atoms with Crippen LogP contribution in [0.2, 0.25) is 0 Å². The molecule has 0 fully saturated rings. The summed E-state index contributed by atoms with van der Waals surface area (Å²) in [6.45, 7) is 6.53. The summed E-state index contributed by atoms with van der Waals surface area (Å²) in [5, 5.41) is 0. The average Bonchev–Trinajstić information content (AvgIpc) is 3.47. The largest absolute Gasteiger partial charge is 0.462 e. The standard InChI is InChI=1S/C76H134O6/c1-4-7-10-13-16-19-22-25-28-30-32-33-34-35-36-37-38-39-40-41-42-43-44-46-48-51-54-57-60-63-66-69-75(78)81-72-73(71-80-74(77)68-65-62-59-56-53-50-47-27-24-21-18-15-12-9-6-3)82-76(79)70-67-64-61-58-55-52-49-45-31-29-26-23-20-17-14-11-8-5-2/h7,10,16,18-19,21,25,27-29,31-33,47,73H,4-6,8-9,11-15,17,20,22-24,26,30,34-46,48-72H2,1-3H3/b10-7-,19-16-,21-18-,28-25-,31-29-,33-32-,47-27-. The molecule has 0 aromatic carbocycles. The van der Waals surface area contributed by atoms with Crippen LogP contribution in [0, 0.1) is 0 Å². The molecule has 0 bridgehead atoms. The zero-order valence-electron chi connectivity index (χ0n) is 54.5. The SMILES string of the molecule is CC/C=C\C/C=C\C/C=C\C/C=C\CCCCCCCCCCCCCCCCCCCCC(=O)OCC(COC(=O)CCCCCCC/C=C\C/C=C\CCCCC)OC(=O)CCCCCCCCC/C=C\CCCCCCCCC. The van der Waals surface area contributed by atoms with Crippen LogP contribution in [0.25, 0.3) is 0 Å². The van der Waals surface area contributed by atoms with E-state index in [1.54, 1.807) is 0 Å². The highest BCUT2D eigenvalue weighted by molar-refractivity contribution is 5.71. The van der Waals surface area contributed by atoms with Gasteiger partial charge in [-0.3, -0.25) is 14.4 Å². The fourth-order valence-corrected chi connectivity index (χ4v) is 10.3. The molecule has 82 heavy (non-hydrogen) atoms. The summed E-state index contributed by atoms with van der Waals surface area (Å²) in [5.74, 6) is -0.878. The number of carbonyl (C=O) groups excluding carboxylic acids is 3. The van der Waals surface area contributed by atoms with E-state index < -0.39 is 6.10 Å². The molecule has 0 rings (SSSR count). The number of ether oxygens (including phenoxy) is 3. The third-order valence-corrected chi connectivity index (χ3v) is 15.6. The van der Waals surface area contributed by atoms with Gasteiger partial charge in [-0.2, -0.15) is 0 Å². The van der Waals surface area contributed by atoms with Crippen LogP contribution in [-0.2, 0) is 28.6 Å². The fraction of sp³-hybridized carbons (Fsp3) is 0.776. The summed E-state index contributed by atoms with van der Waals surface area (Å²) < 4.78 is 17.0. The first-order chi connectivity index (χ1) is 40.5. The predicted octanol–water partition coefficient (Wildman–Crippen LogP) is 24.6. The molecule has 0 N–H and O–H groups in total. The highest BCUT2D eigenvalue weighted by Gasteiger charge is 2.19. The maximum Gasteiger partial charge on any atom is 0.306 e. The number of hydrogen-bond donors (Lipinski definition) is 0. The van der Waals surface area contributed by atoms with Crippen LogP contribution in [0.4, 0.5) is 0 Å². The molecule has 0 radical (unpaired) electrons. The smallest absolute Gasteiger partial charge is 0.306 e. The van der Waals surface area contributed by atoms with E-state index in [1.165, 1.54) is 218 Å². The van der Waals surface area contributed by atoms with Gasteiger partial charge >= 0.3 is 17.9 Å². The quantitative estimate of drug-likeness (QED) is 0.0261. The van der Waals surface area contributed by atoms with Crippen molar-refractivity contribution in [2.75, 3.05) is 13.2 Å². The fourth-order valence-electron chi connectivity index (χ4n) is 10.3. The average molecular weight is 1140 g/mol. The van der Waals surface area contributed by atoms with E-state index in [4.69, 9.17) is 14.2 Å². The highest BCUT2D eigenvalue weighted by atomic mass is 16.6. The Morgan fingerprint density at radius 3 is 0.780 bits per heavy atom. The van der Waals surface area contributed by atoms with Gasteiger partial charge in [0.05, 0.1) is 0 Å². The second kappa shape index (κ2) is 70.1. The van der Waals surface area contributed by atoms with E-state index in [2.05, 4.69) is 106 Å². The highest BCUT2D eigenvalue weighted by Crippen LogP contribution is 2.17. The topological polar surface area (TPSA) is 78.9 Å². The van der Waals surface area contributed by atoms with E-state index in [9.17, 15) is 14.4 Å². The van der Waals surface area contributed by atoms with Crippen LogP contribution in [0.15, 0.2) is 85.1 Å². The molecule has 1 atom stereocenters. The molecule has 0 saturated carbocycles. The number of carbonyl (C=O) groups is 3. The van der Waals surface area contributed by atoms with Crippen molar-refractivity contribution in [3.8, 4) is 0 Å². The van der Waals surface area contributed by atoms with Crippen molar-refractivity contribution in [2.24, 2.45) is 0 Å².